The van der Waals surface area contributed by atoms with Crippen LogP contribution >= 0.6 is 15.9 Å². The van der Waals surface area contributed by atoms with Crippen LogP contribution in [0.2, 0.25) is 0 Å². The smallest absolute Gasteiger partial charge is 0.169 e. The third kappa shape index (κ3) is 4.22. The summed E-state index contributed by atoms with van der Waals surface area (Å²) in [7, 11) is 1.64. The summed E-state index contributed by atoms with van der Waals surface area (Å²) in [4.78, 5) is 0. The summed E-state index contributed by atoms with van der Waals surface area (Å²) in [6, 6.07) is 11.9. The lowest BCUT2D eigenvalue weighted by atomic mass is 10.1. The highest BCUT2D eigenvalue weighted by molar-refractivity contribution is 9.10. The first kappa shape index (κ1) is 15.9. The topological polar surface area (TPSA) is 44.5 Å². The van der Waals surface area contributed by atoms with Crippen LogP contribution in [0.4, 0.5) is 0 Å². The van der Waals surface area contributed by atoms with Gasteiger partial charge in [0.05, 0.1) is 7.11 Å². The van der Waals surface area contributed by atoms with E-state index in [4.69, 9.17) is 15.2 Å². The second-order valence-corrected chi connectivity index (χ2v) is 6.11. The van der Waals surface area contributed by atoms with Crippen molar-refractivity contribution in [3.63, 3.8) is 0 Å². The van der Waals surface area contributed by atoms with Crippen LogP contribution in [0.25, 0.3) is 0 Å². The molecule has 2 N–H and O–H groups in total. The van der Waals surface area contributed by atoms with E-state index in [9.17, 15) is 0 Å². The molecule has 21 heavy (non-hydrogen) atoms. The van der Waals surface area contributed by atoms with Gasteiger partial charge in [-0.3, -0.25) is 0 Å². The van der Waals surface area contributed by atoms with Crippen molar-refractivity contribution >= 4 is 15.9 Å². The molecule has 0 amide bonds. The maximum atomic E-state index is 6.04. The lowest BCUT2D eigenvalue weighted by Crippen LogP contribution is -2.18. The third-order valence-electron chi connectivity index (χ3n) is 3.10. The molecule has 3 nitrogen and oxygen atoms in total. The number of ether oxygens (including phenoxy) is 2. The molecular weight excluding hydrogens is 330 g/mol. The van der Waals surface area contributed by atoms with E-state index in [1.807, 2.05) is 50.2 Å². The summed E-state index contributed by atoms with van der Waals surface area (Å²) in [5, 5.41) is 0. The number of hydrogen-bond acceptors (Lipinski definition) is 3. The van der Waals surface area contributed by atoms with E-state index in [1.165, 1.54) is 0 Å². The quantitative estimate of drug-likeness (QED) is 0.867. The van der Waals surface area contributed by atoms with Gasteiger partial charge in [-0.1, -0.05) is 22.0 Å². The van der Waals surface area contributed by atoms with Gasteiger partial charge in [-0.25, -0.2) is 0 Å². The van der Waals surface area contributed by atoms with Crippen molar-refractivity contribution in [2.24, 2.45) is 5.73 Å². The van der Waals surface area contributed by atoms with E-state index < -0.39 is 0 Å². The molecule has 0 aliphatic heterocycles. The fraction of sp³-hybridized carbons (Fsp3) is 0.294. The summed E-state index contributed by atoms with van der Waals surface area (Å²) < 4.78 is 12.4. The Morgan fingerprint density at radius 2 is 1.81 bits per heavy atom. The molecule has 1 atom stereocenters. The molecule has 4 heteroatoms. The van der Waals surface area contributed by atoms with E-state index in [0.29, 0.717) is 5.75 Å². The molecule has 0 radical (unpaired) electrons. The summed E-state index contributed by atoms with van der Waals surface area (Å²) in [5.74, 6) is 2.23. The van der Waals surface area contributed by atoms with Gasteiger partial charge in [-0.05, 0) is 61.7 Å². The number of methoxy groups -OCH3 is 1. The Labute approximate surface area is 134 Å². The number of hydrogen-bond donors (Lipinski definition) is 1. The summed E-state index contributed by atoms with van der Waals surface area (Å²) in [6.07, 6.45) is 0.753. The average molecular weight is 350 g/mol. The van der Waals surface area contributed by atoms with E-state index >= 15 is 0 Å². The monoisotopic (exact) mass is 349 g/mol. The highest BCUT2D eigenvalue weighted by Crippen LogP contribution is 2.35. The molecule has 0 spiro atoms. The Hall–Kier alpha value is -1.52. The van der Waals surface area contributed by atoms with Gasteiger partial charge in [0.2, 0.25) is 0 Å². The van der Waals surface area contributed by atoms with Gasteiger partial charge in [-0.15, -0.1) is 0 Å². The van der Waals surface area contributed by atoms with Gasteiger partial charge >= 0.3 is 0 Å². The van der Waals surface area contributed by atoms with Crippen LogP contribution in [0.3, 0.4) is 0 Å². The number of rotatable bonds is 5. The molecule has 112 valence electrons. The molecule has 0 heterocycles. The molecule has 0 aliphatic rings. The third-order valence-corrected chi connectivity index (χ3v) is 3.60. The second kappa shape index (κ2) is 6.96. The maximum absolute atomic E-state index is 6.04. The first-order valence-electron chi connectivity index (χ1n) is 6.86. The van der Waals surface area contributed by atoms with Crippen LogP contribution in [0.1, 0.15) is 18.1 Å². The summed E-state index contributed by atoms with van der Waals surface area (Å²) in [5.41, 5.74) is 8.12. The minimum absolute atomic E-state index is 0.0709. The molecule has 2 aromatic carbocycles. The van der Waals surface area contributed by atoms with Crippen molar-refractivity contribution in [2.45, 2.75) is 26.3 Å². The molecule has 0 bridgehead atoms. The fourth-order valence-corrected chi connectivity index (χ4v) is 2.54. The Morgan fingerprint density at radius 1 is 1.10 bits per heavy atom. The van der Waals surface area contributed by atoms with Gasteiger partial charge in [0.1, 0.15) is 5.75 Å². The molecule has 0 saturated carbocycles. The second-order valence-electron chi connectivity index (χ2n) is 5.19. The van der Waals surface area contributed by atoms with Crippen LogP contribution in [-0.2, 0) is 6.42 Å². The zero-order valence-electron chi connectivity index (χ0n) is 12.5. The van der Waals surface area contributed by atoms with Gasteiger partial charge in [0.25, 0.3) is 0 Å². The standard InChI is InChI=1S/C17H20BrNO2/c1-11-4-6-16(17(8-11)20-3)21-15-7-5-14(18)10-13(15)9-12(2)19/h4-8,10,12H,9,19H2,1-3H3. The normalized spacial score (nSPS) is 12.0. The van der Waals surface area contributed by atoms with E-state index in [1.54, 1.807) is 7.11 Å². The molecule has 2 rings (SSSR count). The Balaban J connectivity index is 2.35. The van der Waals surface area contributed by atoms with Gasteiger partial charge in [0, 0.05) is 10.5 Å². The van der Waals surface area contributed by atoms with Crippen molar-refractivity contribution < 1.29 is 9.47 Å². The lowest BCUT2D eigenvalue weighted by Gasteiger charge is -2.15. The number of aryl methyl sites for hydroxylation is 1. The minimum atomic E-state index is 0.0709. The van der Waals surface area contributed by atoms with Gasteiger partial charge in [-0.2, -0.15) is 0 Å². The van der Waals surface area contributed by atoms with Gasteiger partial charge < -0.3 is 15.2 Å². The van der Waals surface area contributed by atoms with E-state index in [2.05, 4.69) is 15.9 Å². The largest absolute Gasteiger partial charge is 0.493 e. The maximum Gasteiger partial charge on any atom is 0.169 e. The summed E-state index contributed by atoms with van der Waals surface area (Å²) >= 11 is 3.49. The molecule has 0 aliphatic carbocycles. The molecule has 0 saturated heterocycles. The Morgan fingerprint density at radius 3 is 2.48 bits per heavy atom. The van der Waals surface area contributed by atoms with E-state index in [-0.39, 0.29) is 6.04 Å². The van der Waals surface area contributed by atoms with Crippen LogP contribution in [0.15, 0.2) is 40.9 Å². The van der Waals surface area contributed by atoms with Crippen molar-refractivity contribution in [1.82, 2.24) is 0 Å². The number of benzene rings is 2. The van der Waals surface area contributed by atoms with Crippen LogP contribution in [-0.4, -0.2) is 13.2 Å². The van der Waals surface area contributed by atoms with Crippen molar-refractivity contribution in [2.75, 3.05) is 7.11 Å². The molecule has 0 fully saturated rings. The van der Waals surface area contributed by atoms with Crippen LogP contribution in [0.5, 0.6) is 17.2 Å². The first-order chi connectivity index (χ1) is 9.99. The minimum Gasteiger partial charge on any atom is -0.493 e. The van der Waals surface area contributed by atoms with Crippen molar-refractivity contribution in [1.29, 1.82) is 0 Å². The molecule has 0 aromatic heterocycles. The summed E-state index contributed by atoms with van der Waals surface area (Å²) in [6.45, 7) is 4.00. The predicted molar refractivity (Wildman–Crippen MR) is 89.3 cm³/mol. The van der Waals surface area contributed by atoms with Crippen LogP contribution < -0.4 is 15.2 Å². The fourth-order valence-electron chi connectivity index (χ4n) is 2.13. The highest BCUT2D eigenvalue weighted by atomic mass is 79.9. The number of nitrogens with two attached hydrogens (primary N) is 1. The Bertz CT molecular complexity index is 626. The SMILES string of the molecule is COc1cc(C)ccc1Oc1ccc(Br)cc1CC(C)N. The molecule has 1 unspecified atom stereocenters. The van der Waals surface area contributed by atoms with Gasteiger partial charge in [0.15, 0.2) is 11.5 Å². The average Bonchev–Trinajstić information content (AvgIpc) is 2.42. The highest BCUT2D eigenvalue weighted by Gasteiger charge is 2.11. The first-order valence-corrected chi connectivity index (χ1v) is 7.65. The zero-order chi connectivity index (χ0) is 15.4. The van der Waals surface area contributed by atoms with E-state index in [0.717, 1.165) is 33.5 Å². The molecular formula is C17H20BrNO2. The molecule has 2 aromatic rings. The predicted octanol–water partition coefficient (Wildman–Crippen LogP) is 4.45. The van der Waals surface area contributed by atoms with Crippen molar-refractivity contribution in [3.05, 3.63) is 52.0 Å². The Kier molecular flexibility index (Phi) is 5.26. The zero-order valence-corrected chi connectivity index (χ0v) is 14.1. The van der Waals surface area contributed by atoms with Crippen LogP contribution in [0, 0.1) is 6.92 Å². The number of halogens is 1. The van der Waals surface area contributed by atoms with Crippen molar-refractivity contribution in [3.8, 4) is 17.2 Å². The lowest BCUT2D eigenvalue weighted by molar-refractivity contribution is 0.377.